The van der Waals surface area contributed by atoms with E-state index in [1.807, 2.05) is 0 Å². The van der Waals surface area contributed by atoms with Gasteiger partial charge in [0.05, 0.1) is 18.1 Å². The molecule has 0 saturated carbocycles. The van der Waals surface area contributed by atoms with Crippen molar-refractivity contribution >= 4 is 9.84 Å². The highest BCUT2D eigenvalue weighted by Crippen LogP contribution is 2.17. The maximum atomic E-state index is 11.0. The zero-order valence-corrected chi connectivity index (χ0v) is 7.73. The second-order valence-electron chi connectivity index (χ2n) is 2.95. The molecule has 1 rings (SSSR count). The van der Waals surface area contributed by atoms with Crippen LogP contribution < -0.4 is 5.73 Å². The van der Waals surface area contributed by atoms with Gasteiger partial charge in [0.15, 0.2) is 0 Å². The first kappa shape index (κ1) is 9.56. The summed E-state index contributed by atoms with van der Waals surface area (Å²) in [5.74, 6) is 6.57. The van der Waals surface area contributed by atoms with Crippen LogP contribution in [0.25, 0.3) is 0 Å². The molecule has 1 aliphatic rings. The molecule has 1 fully saturated rings. The third-order valence-electron chi connectivity index (χ3n) is 1.96. The fourth-order valence-corrected chi connectivity index (χ4v) is 2.73. The third kappa shape index (κ3) is 2.84. The van der Waals surface area contributed by atoms with E-state index in [0.29, 0.717) is 19.4 Å². The Morgan fingerprint density at radius 3 is 2.42 bits per heavy atom. The fourth-order valence-electron chi connectivity index (χ4n) is 1.24. The Balaban J connectivity index is 2.47. The molecule has 0 radical (unpaired) electrons. The summed E-state index contributed by atoms with van der Waals surface area (Å²) in [6.07, 6.45) is 1.35. The molecule has 2 N–H and O–H groups in total. The Bertz CT molecular complexity index is 283. The lowest BCUT2D eigenvalue weighted by atomic mass is 10.0. The van der Waals surface area contributed by atoms with Crippen LogP contribution in [0.4, 0.5) is 0 Å². The van der Waals surface area contributed by atoms with Gasteiger partial charge in [0.1, 0.15) is 9.84 Å². The maximum absolute atomic E-state index is 11.0. The van der Waals surface area contributed by atoms with Crippen molar-refractivity contribution in [2.24, 2.45) is 11.7 Å². The van der Waals surface area contributed by atoms with Crippen LogP contribution in [-0.4, -0.2) is 26.5 Å². The van der Waals surface area contributed by atoms with Crippen molar-refractivity contribution in [3.63, 3.8) is 0 Å². The van der Waals surface area contributed by atoms with E-state index in [0.717, 1.165) is 0 Å². The quantitative estimate of drug-likeness (QED) is 0.533. The summed E-state index contributed by atoms with van der Waals surface area (Å²) in [4.78, 5) is 0. The Morgan fingerprint density at radius 1 is 1.33 bits per heavy atom. The van der Waals surface area contributed by atoms with E-state index in [9.17, 15) is 8.42 Å². The minimum absolute atomic E-state index is 0.247. The Kier molecular flexibility index (Phi) is 3.12. The van der Waals surface area contributed by atoms with E-state index < -0.39 is 9.84 Å². The van der Waals surface area contributed by atoms with Gasteiger partial charge >= 0.3 is 0 Å². The van der Waals surface area contributed by atoms with Crippen LogP contribution in [0.1, 0.15) is 12.8 Å². The molecule has 4 heteroatoms. The number of sulfone groups is 1. The molecule has 0 aromatic rings. The predicted molar refractivity (Wildman–Crippen MR) is 48.2 cm³/mol. The molecule has 0 atom stereocenters. The molecular weight excluding hydrogens is 174 g/mol. The molecule has 0 amide bonds. The molecule has 12 heavy (non-hydrogen) atoms. The predicted octanol–water partition coefficient (Wildman–Crippen LogP) is -0.227. The van der Waals surface area contributed by atoms with Crippen molar-refractivity contribution in [2.45, 2.75) is 12.8 Å². The Morgan fingerprint density at radius 2 is 1.92 bits per heavy atom. The maximum Gasteiger partial charge on any atom is 0.150 e. The summed E-state index contributed by atoms with van der Waals surface area (Å²) in [6, 6.07) is 0. The molecule has 0 aliphatic carbocycles. The van der Waals surface area contributed by atoms with Gasteiger partial charge in [0.2, 0.25) is 0 Å². The summed E-state index contributed by atoms with van der Waals surface area (Å²) in [6.45, 7) is 0.364. The molecule has 3 nitrogen and oxygen atoms in total. The van der Waals surface area contributed by atoms with Crippen LogP contribution in [0.2, 0.25) is 0 Å². The average molecular weight is 187 g/mol. The SMILES string of the molecule is NCC#CC1CCS(=O)(=O)CC1. The van der Waals surface area contributed by atoms with Gasteiger partial charge in [0, 0.05) is 5.92 Å². The monoisotopic (exact) mass is 187 g/mol. The minimum atomic E-state index is -2.74. The van der Waals surface area contributed by atoms with Gasteiger partial charge in [-0.25, -0.2) is 8.42 Å². The molecule has 1 heterocycles. The van der Waals surface area contributed by atoms with Crippen LogP contribution in [-0.2, 0) is 9.84 Å². The zero-order valence-electron chi connectivity index (χ0n) is 6.91. The molecule has 0 aromatic heterocycles. The molecule has 68 valence electrons. The number of nitrogens with two attached hydrogens (primary N) is 1. The lowest BCUT2D eigenvalue weighted by molar-refractivity contribution is 0.543. The van der Waals surface area contributed by atoms with Crippen molar-refractivity contribution in [1.29, 1.82) is 0 Å². The third-order valence-corrected chi connectivity index (χ3v) is 3.68. The van der Waals surface area contributed by atoms with E-state index in [4.69, 9.17) is 5.73 Å². The van der Waals surface area contributed by atoms with E-state index in [1.54, 1.807) is 0 Å². The van der Waals surface area contributed by atoms with Crippen LogP contribution in [0, 0.1) is 17.8 Å². The van der Waals surface area contributed by atoms with Crippen LogP contribution >= 0.6 is 0 Å². The van der Waals surface area contributed by atoms with E-state index in [1.165, 1.54) is 0 Å². The van der Waals surface area contributed by atoms with E-state index in [2.05, 4.69) is 11.8 Å². The van der Waals surface area contributed by atoms with Gasteiger partial charge in [0.25, 0.3) is 0 Å². The van der Waals surface area contributed by atoms with Gasteiger partial charge in [-0.05, 0) is 12.8 Å². The van der Waals surface area contributed by atoms with E-state index >= 15 is 0 Å². The molecule has 0 unspecified atom stereocenters. The van der Waals surface area contributed by atoms with E-state index in [-0.39, 0.29) is 17.4 Å². The average Bonchev–Trinajstić information content (AvgIpc) is 2.03. The largest absolute Gasteiger partial charge is 0.320 e. The minimum Gasteiger partial charge on any atom is -0.320 e. The smallest absolute Gasteiger partial charge is 0.150 e. The van der Waals surface area contributed by atoms with Crippen LogP contribution in [0.15, 0.2) is 0 Å². The lowest BCUT2D eigenvalue weighted by Crippen LogP contribution is -2.22. The second-order valence-corrected chi connectivity index (χ2v) is 5.25. The normalized spacial score (nSPS) is 22.8. The molecule has 1 aliphatic heterocycles. The Labute approximate surface area is 73.3 Å². The van der Waals surface area contributed by atoms with Crippen molar-refractivity contribution in [3.8, 4) is 11.8 Å². The van der Waals surface area contributed by atoms with Crippen molar-refractivity contribution in [2.75, 3.05) is 18.1 Å². The highest BCUT2D eigenvalue weighted by molar-refractivity contribution is 7.91. The summed E-state index contributed by atoms with van der Waals surface area (Å²) < 4.78 is 22.0. The van der Waals surface area contributed by atoms with Crippen LogP contribution in [0.5, 0.6) is 0 Å². The van der Waals surface area contributed by atoms with Gasteiger partial charge in [-0.2, -0.15) is 0 Å². The molecule has 1 saturated heterocycles. The highest BCUT2D eigenvalue weighted by atomic mass is 32.2. The van der Waals surface area contributed by atoms with Gasteiger partial charge in [-0.15, -0.1) is 0 Å². The summed E-state index contributed by atoms with van der Waals surface area (Å²) in [5.41, 5.74) is 5.21. The zero-order chi connectivity index (χ0) is 9.03. The number of hydrogen-bond donors (Lipinski definition) is 1. The molecule has 0 aromatic carbocycles. The highest BCUT2D eigenvalue weighted by Gasteiger charge is 2.21. The Hall–Kier alpha value is -0.530. The summed E-state index contributed by atoms with van der Waals surface area (Å²) in [7, 11) is -2.74. The number of rotatable bonds is 0. The second kappa shape index (κ2) is 3.92. The fraction of sp³-hybridized carbons (Fsp3) is 0.750. The van der Waals surface area contributed by atoms with Crippen molar-refractivity contribution in [3.05, 3.63) is 0 Å². The summed E-state index contributed by atoms with van der Waals surface area (Å²) in [5, 5.41) is 0. The van der Waals surface area contributed by atoms with Crippen molar-refractivity contribution < 1.29 is 8.42 Å². The first-order chi connectivity index (χ1) is 5.64. The first-order valence-electron chi connectivity index (χ1n) is 4.03. The lowest BCUT2D eigenvalue weighted by Gasteiger charge is -2.16. The van der Waals surface area contributed by atoms with Crippen molar-refractivity contribution in [1.82, 2.24) is 0 Å². The number of hydrogen-bond acceptors (Lipinski definition) is 3. The van der Waals surface area contributed by atoms with Gasteiger partial charge < -0.3 is 5.73 Å². The molecular formula is C8H13NO2S. The standard InChI is InChI=1S/C8H13NO2S/c9-5-1-2-8-3-6-12(10,11)7-4-8/h8H,3-7,9H2. The van der Waals surface area contributed by atoms with Crippen LogP contribution in [0.3, 0.4) is 0 Å². The van der Waals surface area contributed by atoms with Gasteiger partial charge in [-0.1, -0.05) is 11.8 Å². The molecule has 0 bridgehead atoms. The topological polar surface area (TPSA) is 60.2 Å². The first-order valence-corrected chi connectivity index (χ1v) is 5.85. The molecule has 0 spiro atoms. The summed E-state index contributed by atoms with van der Waals surface area (Å²) >= 11 is 0. The van der Waals surface area contributed by atoms with Gasteiger partial charge in [-0.3, -0.25) is 0 Å².